The Morgan fingerprint density at radius 2 is 2.04 bits per heavy atom. The Morgan fingerprint density at radius 3 is 2.70 bits per heavy atom. The number of likely N-dealkylation sites (tertiary alicyclic amines) is 1. The Balaban J connectivity index is 2.14. The summed E-state index contributed by atoms with van der Waals surface area (Å²) in [6.07, 6.45) is 2.54. The lowest BCUT2D eigenvalue weighted by atomic mass is 9.91. The van der Waals surface area contributed by atoms with Crippen LogP contribution in [0, 0.1) is 0 Å². The Morgan fingerprint density at radius 1 is 1.30 bits per heavy atom. The van der Waals surface area contributed by atoms with Crippen LogP contribution >= 0.6 is 27.5 Å². The van der Waals surface area contributed by atoms with Crippen LogP contribution < -0.4 is 4.74 Å². The number of carboxylic acids is 1. The molecule has 2 aromatic rings. The normalized spacial score (nSPS) is 18.9. The SMILES string of the molecule is CCOc1ccc(Cl)cc1C(c1ccc(Br)cc1)N1CCCCC1C(=O)O. The van der Waals surface area contributed by atoms with Gasteiger partial charge in [-0.2, -0.15) is 0 Å². The average molecular weight is 453 g/mol. The van der Waals surface area contributed by atoms with Gasteiger partial charge in [-0.15, -0.1) is 0 Å². The van der Waals surface area contributed by atoms with E-state index in [1.807, 2.05) is 43.3 Å². The molecule has 2 atom stereocenters. The van der Waals surface area contributed by atoms with E-state index in [4.69, 9.17) is 16.3 Å². The fraction of sp³-hybridized carbons (Fsp3) is 0.381. The summed E-state index contributed by atoms with van der Waals surface area (Å²) < 4.78 is 6.84. The van der Waals surface area contributed by atoms with Crippen LogP contribution in [0.3, 0.4) is 0 Å². The van der Waals surface area contributed by atoms with Gasteiger partial charge in [0.05, 0.1) is 12.6 Å². The van der Waals surface area contributed by atoms with Gasteiger partial charge in [0.2, 0.25) is 0 Å². The summed E-state index contributed by atoms with van der Waals surface area (Å²) in [5.74, 6) is -0.0404. The van der Waals surface area contributed by atoms with E-state index in [-0.39, 0.29) is 6.04 Å². The third kappa shape index (κ3) is 4.65. The Hall–Kier alpha value is -1.56. The lowest BCUT2D eigenvalue weighted by Crippen LogP contribution is -2.46. The fourth-order valence-corrected chi connectivity index (χ4v) is 4.19. The van der Waals surface area contributed by atoms with Gasteiger partial charge in [0, 0.05) is 15.1 Å². The third-order valence-corrected chi connectivity index (χ3v) is 5.68. The zero-order chi connectivity index (χ0) is 19.4. The second kappa shape index (κ2) is 9.09. The molecule has 1 aliphatic heterocycles. The van der Waals surface area contributed by atoms with Crippen LogP contribution in [0.2, 0.25) is 5.02 Å². The number of hydrogen-bond donors (Lipinski definition) is 1. The fourth-order valence-electron chi connectivity index (χ4n) is 3.74. The molecule has 0 amide bonds. The molecule has 0 aromatic heterocycles. The van der Waals surface area contributed by atoms with Gasteiger partial charge in [-0.25, -0.2) is 0 Å². The number of aliphatic carboxylic acids is 1. The number of nitrogens with zero attached hydrogens (tertiary/aromatic N) is 1. The highest BCUT2D eigenvalue weighted by molar-refractivity contribution is 9.10. The smallest absolute Gasteiger partial charge is 0.320 e. The highest BCUT2D eigenvalue weighted by atomic mass is 79.9. The standard InChI is InChI=1S/C21H23BrClNO3/c1-2-27-19-11-10-16(23)13-17(19)20(14-6-8-15(22)9-7-14)24-12-4-3-5-18(24)21(25)26/h6-11,13,18,20H,2-5,12H2,1H3,(H,25,26). The Labute approximate surface area is 173 Å². The van der Waals surface area contributed by atoms with Crippen molar-refractivity contribution in [2.45, 2.75) is 38.3 Å². The van der Waals surface area contributed by atoms with Crippen LogP contribution in [0.25, 0.3) is 0 Å². The number of rotatable bonds is 6. The lowest BCUT2D eigenvalue weighted by Gasteiger charge is -2.40. The van der Waals surface area contributed by atoms with Crippen molar-refractivity contribution in [3.63, 3.8) is 0 Å². The Bertz CT molecular complexity index is 797. The number of ether oxygens (including phenoxy) is 1. The predicted molar refractivity (Wildman–Crippen MR) is 111 cm³/mol. The summed E-state index contributed by atoms with van der Waals surface area (Å²) >= 11 is 9.79. The van der Waals surface area contributed by atoms with Crippen molar-refractivity contribution in [1.29, 1.82) is 0 Å². The summed E-state index contributed by atoms with van der Waals surface area (Å²) in [6, 6.07) is 12.8. The van der Waals surface area contributed by atoms with Crippen LogP contribution in [0.4, 0.5) is 0 Å². The molecule has 0 radical (unpaired) electrons. The molecule has 1 heterocycles. The first-order valence-electron chi connectivity index (χ1n) is 9.17. The largest absolute Gasteiger partial charge is 0.494 e. The van der Waals surface area contributed by atoms with Crippen molar-refractivity contribution in [2.75, 3.05) is 13.2 Å². The second-order valence-corrected chi connectivity index (χ2v) is 8.01. The molecule has 2 aromatic carbocycles. The van der Waals surface area contributed by atoms with Crippen LogP contribution in [0.1, 0.15) is 43.4 Å². The molecule has 27 heavy (non-hydrogen) atoms. The van der Waals surface area contributed by atoms with E-state index < -0.39 is 12.0 Å². The van der Waals surface area contributed by atoms with E-state index in [0.29, 0.717) is 18.1 Å². The minimum Gasteiger partial charge on any atom is -0.494 e. The van der Waals surface area contributed by atoms with E-state index in [0.717, 1.165) is 40.7 Å². The molecule has 0 saturated carbocycles. The van der Waals surface area contributed by atoms with Gasteiger partial charge in [-0.05, 0) is 62.2 Å². The summed E-state index contributed by atoms with van der Waals surface area (Å²) in [5, 5.41) is 10.4. The molecule has 0 aliphatic carbocycles. The number of carboxylic acid groups (broad SMARTS) is 1. The predicted octanol–water partition coefficient (Wildman–Crippen LogP) is 5.53. The van der Waals surface area contributed by atoms with Crippen molar-refractivity contribution in [2.24, 2.45) is 0 Å². The summed E-state index contributed by atoms with van der Waals surface area (Å²) in [4.78, 5) is 14.0. The van der Waals surface area contributed by atoms with Crippen LogP contribution in [0.15, 0.2) is 46.9 Å². The van der Waals surface area contributed by atoms with Gasteiger partial charge in [0.25, 0.3) is 0 Å². The van der Waals surface area contributed by atoms with Gasteiger partial charge in [0.15, 0.2) is 0 Å². The molecule has 1 fully saturated rings. The highest BCUT2D eigenvalue weighted by Gasteiger charge is 2.36. The van der Waals surface area contributed by atoms with Gasteiger partial charge >= 0.3 is 5.97 Å². The van der Waals surface area contributed by atoms with Gasteiger partial charge in [-0.1, -0.05) is 46.1 Å². The van der Waals surface area contributed by atoms with E-state index >= 15 is 0 Å². The van der Waals surface area contributed by atoms with Crippen LogP contribution in [0.5, 0.6) is 5.75 Å². The molecular weight excluding hydrogens is 430 g/mol. The van der Waals surface area contributed by atoms with Crippen molar-refractivity contribution in [1.82, 2.24) is 4.90 Å². The summed E-state index contributed by atoms with van der Waals surface area (Å²) in [5.41, 5.74) is 1.93. The van der Waals surface area contributed by atoms with Gasteiger partial charge < -0.3 is 9.84 Å². The quantitative estimate of drug-likeness (QED) is 0.626. The highest BCUT2D eigenvalue weighted by Crippen LogP contribution is 2.40. The molecule has 2 unspecified atom stereocenters. The molecule has 1 aliphatic rings. The van der Waals surface area contributed by atoms with E-state index in [9.17, 15) is 9.90 Å². The topological polar surface area (TPSA) is 49.8 Å². The summed E-state index contributed by atoms with van der Waals surface area (Å²) in [7, 11) is 0. The molecule has 1 saturated heterocycles. The van der Waals surface area contributed by atoms with E-state index in [1.165, 1.54) is 0 Å². The molecule has 3 rings (SSSR count). The van der Waals surface area contributed by atoms with Crippen LogP contribution in [-0.2, 0) is 4.79 Å². The van der Waals surface area contributed by atoms with E-state index in [1.54, 1.807) is 6.07 Å². The minimum atomic E-state index is -0.781. The number of carbonyl (C=O) groups is 1. The molecule has 0 spiro atoms. The second-order valence-electron chi connectivity index (χ2n) is 6.66. The monoisotopic (exact) mass is 451 g/mol. The first-order valence-corrected chi connectivity index (χ1v) is 10.3. The lowest BCUT2D eigenvalue weighted by molar-refractivity contribution is -0.145. The summed E-state index contributed by atoms with van der Waals surface area (Å²) in [6.45, 7) is 3.19. The molecule has 0 bridgehead atoms. The van der Waals surface area contributed by atoms with Crippen molar-refractivity contribution >= 4 is 33.5 Å². The third-order valence-electron chi connectivity index (χ3n) is 4.91. The van der Waals surface area contributed by atoms with Crippen LogP contribution in [-0.4, -0.2) is 35.2 Å². The number of benzene rings is 2. The average Bonchev–Trinajstić information content (AvgIpc) is 2.66. The molecular formula is C21H23BrClNO3. The first-order chi connectivity index (χ1) is 13.0. The molecule has 6 heteroatoms. The Kier molecular flexibility index (Phi) is 6.79. The maximum absolute atomic E-state index is 12.0. The van der Waals surface area contributed by atoms with Gasteiger partial charge in [-0.3, -0.25) is 9.69 Å². The van der Waals surface area contributed by atoms with Crippen molar-refractivity contribution in [3.8, 4) is 5.75 Å². The minimum absolute atomic E-state index is 0.236. The molecule has 144 valence electrons. The van der Waals surface area contributed by atoms with E-state index in [2.05, 4.69) is 20.8 Å². The number of halogens is 2. The maximum Gasteiger partial charge on any atom is 0.320 e. The number of hydrogen-bond acceptors (Lipinski definition) is 3. The maximum atomic E-state index is 12.0. The van der Waals surface area contributed by atoms with Crippen molar-refractivity contribution < 1.29 is 14.6 Å². The zero-order valence-electron chi connectivity index (χ0n) is 15.2. The van der Waals surface area contributed by atoms with Crippen molar-refractivity contribution in [3.05, 3.63) is 63.1 Å². The van der Waals surface area contributed by atoms with Gasteiger partial charge in [0.1, 0.15) is 11.8 Å². The number of piperidine rings is 1. The first kappa shape index (κ1) is 20.2. The molecule has 1 N–H and O–H groups in total. The molecule has 4 nitrogen and oxygen atoms in total. The zero-order valence-corrected chi connectivity index (χ0v) is 17.5.